The Morgan fingerprint density at radius 3 is 2.34 bits per heavy atom. The van der Waals surface area contributed by atoms with Gasteiger partial charge in [0.2, 0.25) is 0 Å². The van der Waals surface area contributed by atoms with Gasteiger partial charge in [0.25, 0.3) is 5.91 Å². The van der Waals surface area contributed by atoms with Gasteiger partial charge in [0.15, 0.2) is 11.5 Å². The van der Waals surface area contributed by atoms with E-state index in [2.05, 4.69) is 5.10 Å². The monoisotopic (exact) mass is 585 g/mol. The summed E-state index contributed by atoms with van der Waals surface area (Å²) >= 11 is 0. The number of carboxylic acid groups (broad SMARTS) is 1. The van der Waals surface area contributed by atoms with Crippen LogP contribution < -0.4 is 4.74 Å². The van der Waals surface area contributed by atoms with Gasteiger partial charge in [0, 0.05) is 0 Å². The van der Waals surface area contributed by atoms with E-state index in [1.54, 1.807) is 0 Å². The zero-order chi connectivity index (χ0) is 30.2. The van der Waals surface area contributed by atoms with Gasteiger partial charge in [-0.05, 0) is 57.6 Å². The number of rotatable bonds is 9. The minimum atomic E-state index is -5.04. The molecular weight excluding hydrogens is 553 g/mol. The first-order chi connectivity index (χ1) is 19.2. The Morgan fingerprint density at radius 2 is 1.78 bits per heavy atom. The van der Waals surface area contributed by atoms with Crippen LogP contribution in [-0.4, -0.2) is 63.3 Å². The van der Waals surface area contributed by atoms with Gasteiger partial charge in [-0.25, -0.2) is 8.78 Å². The van der Waals surface area contributed by atoms with E-state index in [-0.39, 0.29) is 44.3 Å². The maximum absolute atomic E-state index is 15.6. The van der Waals surface area contributed by atoms with Gasteiger partial charge >= 0.3 is 12.1 Å². The van der Waals surface area contributed by atoms with Crippen molar-refractivity contribution in [1.29, 1.82) is 0 Å². The van der Waals surface area contributed by atoms with Crippen LogP contribution in [0.5, 0.6) is 5.75 Å². The first-order valence-corrected chi connectivity index (χ1v) is 13.4. The van der Waals surface area contributed by atoms with Crippen LogP contribution in [0.1, 0.15) is 90.7 Å². The lowest BCUT2D eigenvalue weighted by Crippen LogP contribution is -2.45. The molecular formula is C28H32F5N3O5. The van der Waals surface area contributed by atoms with Crippen molar-refractivity contribution in [1.82, 2.24) is 14.7 Å². The number of carbonyl (C=O) groups is 3. The van der Waals surface area contributed by atoms with Crippen LogP contribution in [-0.2, 0) is 11.0 Å². The van der Waals surface area contributed by atoms with Crippen molar-refractivity contribution in [3.63, 3.8) is 0 Å². The Kier molecular flexibility index (Phi) is 8.47. The highest BCUT2D eigenvalue weighted by molar-refractivity contribution is 6.04. The number of aliphatic carboxylic acids is 1. The summed E-state index contributed by atoms with van der Waals surface area (Å²) in [5.41, 5.74) is -5.72. The van der Waals surface area contributed by atoms with Crippen molar-refractivity contribution < 1.29 is 46.2 Å². The molecule has 4 rings (SSSR count). The number of ketones is 1. The zero-order valence-corrected chi connectivity index (χ0v) is 22.8. The van der Waals surface area contributed by atoms with E-state index in [0.29, 0.717) is 22.4 Å². The molecule has 1 heterocycles. The van der Waals surface area contributed by atoms with Crippen LogP contribution in [0, 0.1) is 11.2 Å². The summed E-state index contributed by atoms with van der Waals surface area (Å²) in [6.45, 7) is -0.00851. The van der Waals surface area contributed by atoms with E-state index in [1.807, 2.05) is 0 Å². The second kappa shape index (κ2) is 11.4. The molecule has 224 valence electrons. The molecule has 0 bridgehead atoms. The van der Waals surface area contributed by atoms with Crippen molar-refractivity contribution in [2.24, 2.45) is 5.41 Å². The number of nitrogens with zero attached hydrogens (tertiary/aromatic N) is 3. The number of benzene rings is 1. The minimum absolute atomic E-state index is 0.0593. The Balaban J connectivity index is 1.69. The summed E-state index contributed by atoms with van der Waals surface area (Å²) in [4.78, 5) is 39.2. The maximum Gasteiger partial charge on any atom is 0.433 e. The Labute approximate surface area is 233 Å². The SMILES string of the molecule is COc1cccc(F)c1C(=O)CN(CC1(F)CCCC1)C(=O)c1cnn(C2CCC(C)(C(=O)O)CC2)c1C(F)(F)F. The minimum Gasteiger partial charge on any atom is -0.496 e. The zero-order valence-electron chi connectivity index (χ0n) is 22.8. The van der Waals surface area contributed by atoms with Crippen LogP contribution in [0.3, 0.4) is 0 Å². The average Bonchev–Trinajstić information content (AvgIpc) is 3.55. The Bertz CT molecular complexity index is 1310. The molecule has 0 saturated heterocycles. The van der Waals surface area contributed by atoms with Crippen LogP contribution >= 0.6 is 0 Å². The summed E-state index contributed by atoms with van der Waals surface area (Å²) in [6.07, 6.45) is -2.75. The van der Waals surface area contributed by atoms with Crippen LogP contribution in [0.4, 0.5) is 22.0 Å². The van der Waals surface area contributed by atoms with Gasteiger partial charge in [-0.15, -0.1) is 0 Å². The Morgan fingerprint density at radius 1 is 1.15 bits per heavy atom. The molecule has 1 aromatic carbocycles. The number of hydrogen-bond donors (Lipinski definition) is 1. The molecule has 1 aromatic heterocycles. The molecule has 1 amide bonds. The summed E-state index contributed by atoms with van der Waals surface area (Å²) in [7, 11) is 1.21. The molecule has 1 N–H and O–H groups in total. The standard InChI is InChI=1S/C28H32F5N3O5/c1-26(25(39)40)12-8-17(9-13-26)36-23(28(31,32)33)18(14-34-36)24(38)35(16-27(30)10-3-4-11-27)15-20(37)22-19(29)6-5-7-21(22)41-2/h5-7,14,17H,3-4,8-13,15-16H2,1-2H3,(H,39,40). The average molecular weight is 586 g/mol. The van der Waals surface area contributed by atoms with Crippen molar-refractivity contribution in [2.75, 3.05) is 20.2 Å². The number of hydrogen-bond acceptors (Lipinski definition) is 5. The van der Waals surface area contributed by atoms with E-state index in [4.69, 9.17) is 4.74 Å². The lowest BCUT2D eigenvalue weighted by Gasteiger charge is -2.34. The van der Waals surface area contributed by atoms with Crippen LogP contribution in [0.2, 0.25) is 0 Å². The number of halogens is 5. The van der Waals surface area contributed by atoms with Gasteiger partial charge in [0.05, 0.1) is 49.0 Å². The number of Topliss-reactive ketones (excluding diaryl/α,β-unsaturated/α-hetero) is 1. The van der Waals surface area contributed by atoms with Crippen LogP contribution in [0.15, 0.2) is 24.4 Å². The van der Waals surface area contributed by atoms with E-state index < -0.39 is 76.7 Å². The molecule has 41 heavy (non-hydrogen) atoms. The number of amides is 1. The molecule has 0 unspecified atom stereocenters. The number of carbonyl (C=O) groups excluding carboxylic acids is 2. The molecule has 2 saturated carbocycles. The third-order valence-electron chi connectivity index (χ3n) is 8.28. The van der Waals surface area contributed by atoms with Crippen molar-refractivity contribution in [3.05, 3.63) is 47.0 Å². The second-order valence-electron chi connectivity index (χ2n) is 11.2. The highest BCUT2D eigenvalue weighted by Crippen LogP contribution is 2.44. The normalized spacial score (nSPS) is 22.4. The maximum atomic E-state index is 15.6. The second-order valence-corrected chi connectivity index (χ2v) is 11.2. The number of aromatic nitrogens is 2. The molecule has 13 heteroatoms. The third-order valence-corrected chi connectivity index (χ3v) is 8.28. The fourth-order valence-electron chi connectivity index (χ4n) is 5.85. The number of carboxylic acids is 1. The highest BCUT2D eigenvalue weighted by Gasteiger charge is 2.46. The van der Waals surface area contributed by atoms with Gasteiger partial charge in [0.1, 0.15) is 17.2 Å². The molecule has 0 spiro atoms. The molecule has 2 aromatic rings. The molecule has 0 aliphatic heterocycles. The van der Waals surface area contributed by atoms with E-state index in [1.165, 1.54) is 26.2 Å². The quantitative estimate of drug-likeness (QED) is 0.292. The first-order valence-electron chi connectivity index (χ1n) is 13.4. The Hall–Kier alpha value is -3.51. The topological polar surface area (TPSA) is 102 Å². The molecule has 0 radical (unpaired) electrons. The molecule has 2 aliphatic rings. The number of methoxy groups -OCH3 is 1. The molecule has 2 aliphatic carbocycles. The largest absolute Gasteiger partial charge is 0.496 e. The number of alkyl halides is 4. The highest BCUT2D eigenvalue weighted by atomic mass is 19.4. The van der Waals surface area contributed by atoms with Crippen molar-refractivity contribution in [2.45, 2.75) is 76.2 Å². The van der Waals surface area contributed by atoms with Crippen molar-refractivity contribution >= 4 is 17.7 Å². The molecule has 8 nitrogen and oxygen atoms in total. The number of ether oxygens (including phenoxy) is 1. The van der Waals surface area contributed by atoms with E-state index in [0.717, 1.165) is 12.3 Å². The predicted octanol–water partition coefficient (Wildman–Crippen LogP) is 5.86. The summed E-state index contributed by atoms with van der Waals surface area (Å²) < 4.78 is 79.2. The fourth-order valence-corrected chi connectivity index (χ4v) is 5.85. The van der Waals surface area contributed by atoms with Crippen molar-refractivity contribution in [3.8, 4) is 5.75 Å². The van der Waals surface area contributed by atoms with Gasteiger partial charge in [-0.3, -0.25) is 19.1 Å². The van der Waals surface area contributed by atoms with E-state index in [9.17, 15) is 37.1 Å². The lowest BCUT2D eigenvalue weighted by atomic mass is 9.74. The first kappa shape index (κ1) is 30.4. The summed E-state index contributed by atoms with van der Waals surface area (Å²) in [5, 5.41) is 13.3. The van der Waals surface area contributed by atoms with E-state index >= 15 is 4.39 Å². The predicted molar refractivity (Wildman–Crippen MR) is 136 cm³/mol. The smallest absolute Gasteiger partial charge is 0.433 e. The molecule has 0 atom stereocenters. The fraction of sp³-hybridized carbons (Fsp3) is 0.571. The van der Waals surface area contributed by atoms with Gasteiger partial charge in [-0.2, -0.15) is 18.3 Å². The lowest BCUT2D eigenvalue weighted by molar-refractivity contribution is -0.152. The van der Waals surface area contributed by atoms with Crippen LogP contribution in [0.25, 0.3) is 0 Å². The third kappa shape index (κ3) is 6.23. The molecule has 2 fully saturated rings. The summed E-state index contributed by atoms with van der Waals surface area (Å²) in [6, 6.07) is 2.81. The van der Waals surface area contributed by atoms with Gasteiger partial charge < -0.3 is 14.7 Å². The summed E-state index contributed by atoms with van der Waals surface area (Å²) in [5.74, 6) is -4.35. The van der Waals surface area contributed by atoms with Gasteiger partial charge in [-0.1, -0.05) is 18.9 Å².